The third kappa shape index (κ3) is 2.96. The molecule has 0 bridgehead atoms. The second-order valence-corrected chi connectivity index (χ2v) is 2.37. The van der Waals surface area contributed by atoms with Crippen molar-refractivity contribution in [2.75, 3.05) is 0 Å². The summed E-state index contributed by atoms with van der Waals surface area (Å²) in [6.07, 6.45) is 1.49. The number of aliphatic carboxylic acids is 1. The fraction of sp³-hybridized carbons (Fsp3) is 0.286. The fourth-order valence-electron chi connectivity index (χ4n) is 0.729. The number of aromatic nitrogens is 2. The van der Waals surface area contributed by atoms with Crippen LogP contribution in [0.3, 0.4) is 0 Å². The Morgan fingerprint density at radius 1 is 1.69 bits per heavy atom. The maximum absolute atomic E-state index is 10.4. The molecule has 0 spiro atoms. The van der Waals surface area contributed by atoms with Crippen LogP contribution in [0.5, 0.6) is 0 Å². The maximum atomic E-state index is 10.4. The minimum Gasteiger partial charge on any atom is -0.480 e. The fourth-order valence-corrected chi connectivity index (χ4v) is 0.729. The van der Waals surface area contributed by atoms with E-state index in [1.165, 1.54) is 6.20 Å². The van der Waals surface area contributed by atoms with Crippen molar-refractivity contribution >= 4 is 18.4 Å². The standard InChI is InChI=1S/C7H9N3O2.ClH/c1-4-2-3-9-6(10-4)5(8)7(11)12;/h2-3,5H,8H2,1H3,(H,11,12);1H. The highest BCUT2D eigenvalue weighted by molar-refractivity contribution is 5.85. The molecule has 1 heterocycles. The van der Waals surface area contributed by atoms with Crippen LogP contribution < -0.4 is 5.73 Å². The molecule has 72 valence electrons. The number of carboxylic acids is 1. The van der Waals surface area contributed by atoms with Crippen molar-refractivity contribution in [1.29, 1.82) is 0 Å². The van der Waals surface area contributed by atoms with Crippen LogP contribution in [0.15, 0.2) is 12.3 Å². The summed E-state index contributed by atoms with van der Waals surface area (Å²) in [5, 5.41) is 8.52. The molecule has 0 aromatic carbocycles. The Balaban J connectivity index is 0.00000144. The van der Waals surface area contributed by atoms with Crippen molar-refractivity contribution in [3.63, 3.8) is 0 Å². The maximum Gasteiger partial charge on any atom is 0.328 e. The molecule has 1 rings (SSSR count). The zero-order chi connectivity index (χ0) is 9.14. The Morgan fingerprint density at radius 3 is 2.77 bits per heavy atom. The van der Waals surface area contributed by atoms with Gasteiger partial charge in [-0.25, -0.2) is 9.97 Å². The summed E-state index contributed by atoms with van der Waals surface area (Å²) in [5.41, 5.74) is 5.99. The van der Waals surface area contributed by atoms with E-state index in [0.29, 0.717) is 5.69 Å². The zero-order valence-electron chi connectivity index (χ0n) is 6.97. The van der Waals surface area contributed by atoms with E-state index in [1.54, 1.807) is 13.0 Å². The van der Waals surface area contributed by atoms with E-state index < -0.39 is 12.0 Å². The monoisotopic (exact) mass is 203 g/mol. The Hall–Kier alpha value is -1.20. The number of rotatable bonds is 2. The summed E-state index contributed by atoms with van der Waals surface area (Å²) in [6.45, 7) is 1.75. The molecule has 1 atom stereocenters. The van der Waals surface area contributed by atoms with Crippen LogP contribution in [0.25, 0.3) is 0 Å². The lowest BCUT2D eigenvalue weighted by atomic mass is 10.3. The first-order chi connectivity index (χ1) is 5.61. The molecule has 5 nitrogen and oxygen atoms in total. The molecule has 0 amide bonds. The van der Waals surface area contributed by atoms with Gasteiger partial charge in [-0.3, -0.25) is 4.79 Å². The molecule has 1 aromatic rings. The van der Waals surface area contributed by atoms with E-state index in [-0.39, 0.29) is 18.2 Å². The molecular weight excluding hydrogens is 194 g/mol. The van der Waals surface area contributed by atoms with Gasteiger partial charge in [0.2, 0.25) is 0 Å². The number of aryl methyl sites for hydroxylation is 1. The number of nitrogens with zero attached hydrogens (tertiary/aromatic N) is 2. The van der Waals surface area contributed by atoms with Crippen molar-refractivity contribution in [3.05, 3.63) is 23.8 Å². The summed E-state index contributed by atoms with van der Waals surface area (Å²) in [7, 11) is 0. The molecule has 3 N–H and O–H groups in total. The van der Waals surface area contributed by atoms with Gasteiger partial charge in [-0.05, 0) is 13.0 Å². The second-order valence-electron chi connectivity index (χ2n) is 2.37. The number of halogens is 1. The van der Waals surface area contributed by atoms with Crippen molar-refractivity contribution in [2.24, 2.45) is 5.73 Å². The van der Waals surface area contributed by atoms with Crippen LogP contribution in [0.2, 0.25) is 0 Å². The van der Waals surface area contributed by atoms with Crippen LogP contribution in [-0.2, 0) is 4.79 Å². The van der Waals surface area contributed by atoms with Crippen molar-refractivity contribution in [2.45, 2.75) is 13.0 Å². The molecule has 0 aliphatic rings. The molecule has 1 aromatic heterocycles. The molecule has 0 aliphatic carbocycles. The van der Waals surface area contributed by atoms with Gasteiger partial charge in [0.1, 0.15) is 0 Å². The highest BCUT2D eigenvalue weighted by atomic mass is 35.5. The molecule has 0 aliphatic heterocycles. The average Bonchev–Trinajstić information content (AvgIpc) is 2.03. The molecular formula is C7H10ClN3O2. The van der Waals surface area contributed by atoms with E-state index in [9.17, 15) is 4.79 Å². The Morgan fingerprint density at radius 2 is 2.31 bits per heavy atom. The number of carbonyl (C=O) groups is 1. The van der Waals surface area contributed by atoms with Crippen LogP contribution >= 0.6 is 12.4 Å². The van der Waals surface area contributed by atoms with Gasteiger partial charge in [0.15, 0.2) is 11.9 Å². The molecule has 0 fully saturated rings. The number of nitrogens with two attached hydrogens (primary N) is 1. The zero-order valence-corrected chi connectivity index (χ0v) is 7.78. The van der Waals surface area contributed by atoms with Gasteiger partial charge in [-0.2, -0.15) is 0 Å². The quantitative estimate of drug-likeness (QED) is 0.721. The summed E-state index contributed by atoms with van der Waals surface area (Å²) < 4.78 is 0. The van der Waals surface area contributed by atoms with E-state index in [4.69, 9.17) is 10.8 Å². The highest BCUT2D eigenvalue weighted by Crippen LogP contribution is 2.03. The van der Waals surface area contributed by atoms with Gasteiger partial charge in [-0.15, -0.1) is 12.4 Å². The molecule has 0 saturated carbocycles. The van der Waals surface area contributed by atoms with Gasteiger partial charge in [0, 0.05) is 11.9 Å². The lowest BCUT2D eigenvalue weighted by Gasteiger charge is -2.03. The van der Waals surface area contributed by atoms with Crippen LogP contribution in [-0.4, -0.2) is 21.0 Å². The lowest BCUT2D eigenvalue weighted by molar-refractivity contribution is -0.138. The second kappa shape index (κ2) is 4.74. The first kappa shape index (κ1) is 11.8. The minimum absolute atomic E-state index is 0. The minimum atomic E-state index is -1.13. The first-order valence-electron chi connectivity index (χ1n) is 3.39. The van der Waals surface area contributed by atoms with Gasteiger partial charge in [-0.1, -0.05) is 0 Å². The van der Waals surface area contributed by atoms with Crippen molar-refractivity contribution in [1.82, 2.24) is 9.97 Å². The SMILES string of the molecule is Cc1ccnc(C(N)C(=O)O)n1.Cl. The first-order valence-corrected chi connectivity index (χ1v) is 3.39. The normalized spacial score (nSPS) is 11.5. The van der Waals surface area contributed by atoms with E-state index in [2.05, 4.69) is 9.97 Å². The van der Waals surface area contributed by atoms with Gasteiger partial charge < -0.3 is 10.8 Å². The summed E-state index contributed by atoms with van der Waals surface area (Å²) >= 11 is 0. The predicted octanol–water partition coefficient (Wildman–Crippen LogP) is 0.291. The van der Waals surface area contributed by atoms with Crippen molar-refractivity contribution in [3.8, 4) is 0 Å². The lowest BCUT2D eigenvalue weighted by Crippen LogP contribution is -2.23. The topological polar surface area (TPSA) is 89.1 Å². The Labute approximate surface area is 81.4 Å². The van der Waals surface area contributed by atoms with E-state index in [0.717, 1.165) is 0 Å². The van der Waals surface area contributed by atoms with E-state index >= 15 is 0 Å². The van der Waals surface area contributed by atoms with E-state index in [1.807, 2.05) is 0 Å². The van der Waals surface area contributed by atoms with Crippen LogP contribution in [0, 0.1) is 6.92 Å². The molecule has 6 heteroatoms. The van der Waals surface area contributed by atoms with Crippen molar-refractivity contribution < 1.29 is 9.90 Å². The third-order valence-electron chi connectivity index (χ3n) is 1.36. The molecule has 1 unspecified atom stereocenters. The predicted molar refractivity (Wildman–Crippen MR) is 48.6 cm³/mol. The Bertz CT molecular complexity index is 306. The third-order valence-corrected chi connectivity index (χ3v) is 1.36. The average molecular weight is 204 g/mol. The molecule has 13 heavy (non-hydrogen) atoms. The largest absolute Gasteiger partial charge is 0.480 e. The summed E-state index contributed by atoms with van der Waals surface area (Å²) in [4.78, 5) is 18.0. The molecule has 0 saturated heterocycles. The summed E-state index contributed by atoms with van der Waals surface area (Å²) in [5.74, 6) is -0.983. The van der Waals surface area contributed by atoms with Crippen LogP contribution in [0.1, 0.15) is 17.6 Å². The van der Waals surface area contributed by atoms with Gasteiger partial charge in [0.25, 0.3) is 0 Å². The number of carboxylic acid groups (broad SMARTS) is 1. The molecule has 0 radical (unpaired) electrons. The summed E-state index contributed by atoms with van der Waals surface area (Å²) in [6, 6.07) is 0.544. The number of hydrogen-bond acceptors (Lipinski definition) is 4. The van der Waals surface area contributed by atoms with Gasteiger partial charge >= 0.3 is 5.97 Å². The van der Waals surface area contributed by atoms with Crippen LogP contribution in [0.4, 0.5) is 0 Å². The smallest absolute Gasteiger partial charge is 0.328 e. The number of hydrogen-bond donors (Lipinski definition) is 2. The van der Waals surface area contributed by atoms with Gasteiger partial charge in [0.05, 0.1) is 0 Å². The Kier molecular flexibility index (Phi) is 4.30. The highest BCUT2D eigenvalue weighted by Gasteiger charge is 2.16.